The summed E-state index contributed by atoms with van der Waals surface area (Å²) in [5.41, 5.74) is 0.714. The summed E-state index contributed by atoms with van der Waals surface area (Å²) >= 11 is 3.26. The minimum atomic E-state index is -3.68. The lowest BCUT2D eigenvalue weighted by Crippen LogP contribution is -2.39. The normalized spacial score (nSPS) is 15.2. The number of carbonyl (C=O) groups is 1. The van der Waals surface area contributed by atoms with Gasteiger partial charge >= 0.3 is 6.09 Å². The number of carbonyl (C=O) groups excluding carboxylic acids is 1. The number of piperidine rings is 1. The van der Waals surface area contributed by atoms with Gasteiger partial charge in [-0.05, 0) is 31.2 Å². The maximum absolute atomic E-state index is 12.1. The smallest absolute Gasteiger partial charge is 0.409 e. The molecule has 7 nitrogen and oxygen atoms in total. The molecule has 1 fully saturated rings. The number of hydrogen-bond acceptors (Lipinski definition) is 5. The maximum Gasteiger partial charge on any atom is 0.409 e. The van der Waals surface area contributed by atoms with Gasteiger partial charge in [0.05, 0.1) is 11.5 Å². The number of hydrogen-bond donors (Lipinski definition) is 1. The zero-order valence-corrected chi connectivity index (χ0v) is 15.1. The summed E-state index contributed by atoms with van der Waals surface area (Å²) in [5, 5.41) is 3.98. The number of benzene rings is 1. The van der Waals surface area contributed by atoms with Gasteiger partial charge in [-0.2, -0.15) is 13.5 Å². The first-order valence-corrected chi connectivity index (χ1v) is 9.44. The van der Waals surface area contributed by atoms with E-state index in [9.17, 15) is 13.2 Å². The van der Waals surface area contributed by atoms with E-state index in [1.54, 1.807) is 24.0 Å². The third kappa shape index (κ3) is 4.93. The molecular formula is C14H18BrN3O4S. The van der Waals surface area contributed by atoms with E-state index in [0.717, 1.165) is 4.47 Å². The van der Waals surface area contributed by atoms with E-state index in [0.29, 0.717) is 38.2 Å². The lowest BCUT2D eigenvalue weighted by atomic mass is 10.1. The summed E-state index contributed by atoms with van der Waals surface area (Å²) in [6.45, 7) is 3.03. The van der Waals surface area contributed by atoms with E-state index in [-0.39, 0.29) is 11.0 Å². The summed E-state index contributed by atoms with van der Waals surface area (Å²) in [7, 11) is -3.68. The Hall–Kier alpha value is -1.61. The number of nitrogens with zero attached hydrogens (tertiary/aromatic N) is 2. The number of halogens is 1. The highest BCUT2D eigenvalue weighted by Gasteiger charge is 2.21. The fourth-order valence-electron chi connectivity index (χ4n) is 2.07. The number of sulfonamides is 1. The topological polar surface area (TPSA) is 88.1 Å². The number of likely N-dealkylation sites (tertiary alicyclic amines) is 1. The molecular weight excluding hydrogens is 386 g/mol. The number of ether oxygens (including phenoxy) is 1. The van der Waals surface area contributed by atoms with Crippen LogP contribution in [0, 0.1) is 0 Å². The van der Waals surface area contributed by atoms with Gasteiger partial charge in [-0.15, -0.1) is 0 Å². The van der Waals surface area contributed by atoms with Gasteiger partial charge in [0.25, 0.3) is 10.0 Å². The van der Waals surface area contributed by atoms with Gasteiger partial charge in [-0.25, -0.2) is 9.63 Å². The van der Waals surface area contributed by atoms with Crippen LogP contribution in [0.5, 0.6) is 0 Å². The first kappa shape index (κ1) is 17.7. The molecule has 0 atom stereocenters. The van der Waals surface area contributed by atoms with Crippen LogP contribution in [0.2, 0.25) is 0 Å². The Morgan fingerprint density at radius 2 is 1.91 bits per heavy atom. The Labute approximate surface area is 143 Å². The monoisotopic (exact) mass is 403 g/mol. The highest BCUT2D eigenvalue weighted by atomic mass is 79.9. The second kappa shape index (κ2) is 7.78. The fourth-order valence-corrected chi connectivity index (χ4v) is 3.18. The van der Waals surface area contributed by atoms with Crippen LogP contribution in [0.1, 0.15) is 19.8 Å². The van der Waals surface area contributed by atoms with Crippen molar-refractivity contribution in [1.82, 2.24) is 9.73 Å². The minimum absolute atomic E-state index is 0.147. The summed E-state index contributed by atoms with van der Waals surface area (Å²) < 4.78 is 30.0. The van der Waals surface area contributed by atoms with Crippen LogP contribution in [0.25, 0.3) is 0 Å². The van der Waals surface area contributed by atoms with Crippen LogP contribution < -0.4 is 4.83 Å². The molecule has 1 aliphatic rings. The highest BCUT2D eigenvalue weighted by Crippen LogP contribution is 2.15. The largest absolute Gasteiger partial charge is 0.450 e. The van der Waals surface area contributed by atoms with E-state index < -0.39 is 10.0 Å². The Bertz CT molecular complexity index is 678. The third-order valence-electron chi connectivity index (χ3n) is 3.31. The van der Waals surface area contributed by atoms with E-state index in [1.165, 1.54) is 12.1 Å². The zero-order chi connectivity index (χ0) is 16.9. The van der Waals surface area contributed by atoms with Gasteiger partial charge in [0.1, 0.15) is 0 Å². The van der Waals surface area contributed by atoms with Crippen molar-refractivity contribution >= 4 is 37.8 Å². The Morgan fingerprint density at radius 1 is 1.30 bits per heavy atom. The molecule has 1 amide bonds. The molecule has 0 bridgehead atoms. The molecule has 0 spiro atoms. The lowest BCUT2D eigenvalue weighted by molar-refractivity contribution is 0.107. The molecule has 0 saturated carbocycles. The Morgan fingerprint density at radius 3 is 2.48 bits per heavy atom. The zero-order valence-electron chi connectivity index (χ0n) is 12.7. The Balaban J connectivity index is 1.94. The third-order valence-corrected chi connectivity index (χ3v) is 5.07. The number of hydrazone groups is 1. The first-order chi connectivity index (χ1) is 10.9. The molecule has 1 aliphatic heterocycles. The number of rotatable bonds is 4. The summed E-state index contributed by atoms with van der Waals surface area (Å²) in [5.74, 6) is 0. The van der Waals surface area contributed by atoms with E-state index in [2.05, 4.69) is 25.9 Å². The van der Waals surface area contributed by atoms with E-state index >= 15 is 0 Å². The molecule has 1 aromatic carbocycles. The average Bonchev–Trinajstić information content (AvgIpc) is 2.54. The van der Waals surface area contributed by atoms with Crippen LogP contribution in [0.15, 0.2) is 38.7 Å². The summed E-state index contributed by atoms with van der Waals surface area (Å²) in [6, 6.07) is 6.30. The molecule has 9 heteroatoms. The van der Waals surface area contributed by atoms with Gasteiger partial charge in [-0.3, -0.25) is 0 Å². The number of nitrogens with one attached hydrogen (secondary N) is 1. The molecule has 1 N–H and O–H groups in total. The van der Waals surface area contributed by atoms with Crippen molar-refractivity contribution in [2.45, 2.75) is 24.7 Å². The van der Waals surface area contributed by atoms with Crippen molar-refractivity contribution in [2.75, 3.05) is 19.7 Å². The average molecular weight is 404 g/mol. The summed E-state index contributed by atoms with van der Waals surface area (Å²) in [6.07, 6.45) is 0.686. The first-order valence-electron chi connectivity index (χ1n) is 7.17. The van der Waals surface area contributed by atoms with Crippen LogP contribution in [0.3, 0.4) is 0 Å². The molecule has 0 aliphatic carbocycles. The molecule has 126 valence electrons. The number of amides is 1. The van der Waals surface area contributed by atoms with Crippen LogP contribution in [-0.2, 0) is 14.8 Å². The van der Waals surface area contributed by atoms with Gasteiger partial charge in [0, 0.05) is 36.1 Å². The van der Waals surface area contributed by atoms with Crippen molar-refractivity contribution in [2.24, 2.45) is 5.10 Å². The fraction of sp³-hybridized carbons (Fsp3) is 0.429. The molecule has 1 aromatic rings. The molecule has 2 rings (SSSR count). The second-order valence-electron chi connectivity index (χ2n) is 4.91. The molecule has 0 radical (unpaired) electrons. The molecule has 23 heavy (non-hydrogen) atoms. The predicted octanol–water partition coefficient (Wildman–Crippen LogP) is 2.34. The maximum atomic E-state index is 12.1. The minimum Gasteiger partial charge on any atom is -0.450 e. The van der Waals surface area contributed by atoms with Gasteiger partial charge in [0.15, 0.2) is 0 Å². The lowest BCUT2D eigenvalue weighted by Gasteiger charge is -2.26. The van der Waals surface area contributed by atoms with Gasteiger partial charge < -0.3 is 9.64 Å². The van der Waals surface area contributed by atoms with Crippen molar-refractivity contribution < 1.29 is 17.9 Å². The SMILES string of the molecule is CCOC(=O)N1CCC(=NNS(=O)(=O)c2ccc(Br)cc2)CC1. The Kier molecular flexibility index (Phi) is 6.00. The molecule has 0 unspecified atom stereocenters. The van der Waals surface area contributed by atoms with Crippen molar-refractivity contribution in [3.63, 3.8) is 0 Å². The molecule has 0 aromatic heterocycles. The van der Waals surface area contributed by atoms with Crippen LogP contribution in [-0.4, -0.2) is 44.8 Å². The standard InChI is InChI=1S/C14H18BrN3O4S/c1-2-22-14(19)18-9-7-12(8-10-18)16-17-23(20,21)13-5-3-11(15)4-6-13/h3-6,17H,2,7-10H2,1H3. The van der Waals surface area contributed by atoms with Crippen molar-refractivity contribution in [1.29, 1.82) is 0 Å². The summed E-state index contributed by atoms with van der Waals surface area (Å²) in [4.78, 5) is 15.6. The molecule has 1 heterocycles. The van der Waals surface area contributed by atoms with Gasteiger partial charge in [0.2, 0.25) is 0 Å². The van der Waals surface area contributed by atoms with Crippen molar-refractivity contribution in [3.8, 4) is 0 Å². The highest BCUT2D eigenvalue weighted by molar-refractivity contribution is 9.10. The quantitative estimate of drug-likeness (QED) is 0.781. The van der Waals surface area contributed by atoms with E-state index in [4.69, 9.17) is 4.74 Å². The van der Waals surface area contributed by atoms with Crippen molar-refractivity contribution in [3.05, 3.63) is 28.7 Å². The van der Waals surface area contributed by atoms with Crippen LogP contribution >= 0.6 is 15.9 Å². The van der Waals surface area contributed by atoms with Crippen LogP contribution in [0.4, 0.5) is 4.79 Å². The predicted molar refractivity (Wildman–Crippen MR) is 89.7 cm³/mol. The van der Waals surface area contributed by atoms with Gasteiger partial charge in [-0.1, -0.05) is 15.9 Å². The second-order valence-corrected chi connectivity index (χ2v) is 7.49. The van der Waals surface area contributed by atoms with E-state index in [1.807, 2.05) is 0 Å². The molecule has 1 saturated heterocycles.